The Labute approximate surface area is 86.3 Å². The van der Waals surface area contributed by atoms with E-state index in [4.69, 9.17) is 0 Å². The summed E-state index contributed by atoms with van der Waals surface area (Å²) in [4.78, 5) is 20.4. The van der Waals surface area contributed by atoms with E-state index in [2.05, 4.69) is 19.7 Å². The summed E-state index contributed by atoms with van der Waals surface area (Å²) in [6.45, 7) is 0. The number of hydrogen-bond donors (Lipinski definition) is 1. The van der Waals surface area contributed by atoms with E-state index in [1.807, 2.05) is 0 Å². The number of hydrogen-bond acceptors (Lipinski definition) is 4. The van der Waals surface area contributed by atoms with Gasteiger partial charge in [-0.2, -0.15) is 13.2 Å². The van der Waals surface area contributed by atoms with Gasteiger partial charge in [-0.05, 0) is 6.07 Å². The number of alkyl halides is 3. The molecule has 2 aromatic rings. The minimum Gasteiger partial charge on any atom is -0.400 e. The molecule has 0 saturated carbocycles. The van der Waals surface area contributed by atoms with Crippen molar-refractivity contribution in [3.8, 4) is 5.88 Å². The first kappa shape index (κ1) is 10.4. The molecule has 16 heavy (non-hydrogen) atoms. The van der Waals surface area contributed by atoms with E-state index in [1.165, 1.54) is 12.3 Å². The highest BCUT2D eigenvalue weighted by molar-refractivity contribution is 5.85. The van der Waals surface area contributed by atoms with Gasteiger partial charge in [0.05, 0.1) is 5.39 Å². The van der Waals surface area contributed by atoms with Gasteiger partial charge in [0.1, 0.15) is 12.0 Å². The highest BCUT2D eigenvalue weighted by Gasteiger charge is 2.41. The molecule has 1 N–H and O–H groups in total. The molecule has 0 bridgehead atoms. The Morgan fingerprint density at radius 2 is 2.12 bits per heavy atom. The Balaban J connectivity index is 2.35. The van der Waals surface area contributed by atoms with E-state index in [0.29, 0.717) is 5.65 Å². The number of esters is 1. The predicted octanol–water partition coefficient (Wildman–Crippen LogP) is 1.43. The van der Waals surface area contributed by atoms with Crippen molar-refractivity contribution in [1.82, 2.24) is 15.0 Å². The highest BCUT2D eigenvalue weighted by atomic mass is 19.4. The average molecular weight is 231 g/mol. The molecular formula is C8H4F3N3O2. The highest BCUT2D eigenvalue weighted by Crippen LogP contribution is 2.23. The first-order valence-corrected chi connectivity index (χ1v) is 4.05. The molecule has 0 aliphatic rings. The first-order chi connectivity index (χ1) is 7.48. The Morgan fingerprint density at radius 3 is 2.81 bits per heavy atom. The van der Waals surface area contributed by atoms with Gasteiger partial charge in [0, 0.05) is 6.20 Å². The standard InChI is InChI=1S/C8H4F3N3O2/c9-8(10,11)7(15)16-6-4-1-2-12-5(4)13-3-14-6/h1-3H,(H,12,13,14). The van der Waals surface area contributed by atoms with Crippen molar-refractivity contribution in [2.24, 2.45) is 0 Å². The maximum atomic E-state index is 11.9. The minimum atomic E-state index is -5.05. The van der Waals surface area contributed by atoms with E-state index < -0.39 is 18.0 Å². The second-order valence-corrected chi connectivity index (χ2v) is 2.81. The van der Waals surface area contributed by atoms with Crippen molar-refractivity contribution in [1.29, 1.82) is 0 Å². The van der Waals surface area contributed by atoms with Crippen LogP contribution in [0.25, 0.3) is 11.0 Å². The second-order valence-electron chi connectivity index (χ2n) is 2.81. The van der Waals surface area contributed by atoms with Gasteiger partial charge in [-0.15, -0.1) is 0 Å². The molecule has 0 amide bonds. The van der Waals surface area contributed by atoms with Gasteiger partial charge in [-0.1, -0.05) is 0 Å². The third kappa shape index (κ3) is 1.81. The van der Waals surface area contributed by atoms with Crippen LogP contribution < -0.4 is 4.74 Å². The molecule has 0 atom stereocenters. The lowest BCUT2D eigenvalue weighted by Crippen LogP contribution is -2.28. The van der Waals surface area contributed by atoms with Gasteiger partial charge < -0.3 is 9.72 Å². The van der Waals surface area contributed by atoms with Crippen LogP contribution in [0.3, 0.4) is 0 Å². The van der Waals surface area contributed by atoms with Crippen LogP contribution in [0.1, 0.15) is 0 Å². The summed E-state index contributed by atoms with van der Waals surface area (Å²) in [5, 5.41) is 0.208. The SMILES string of the molecule is O=C(Oc1ncnc2[nH]ccc12)C(F)(F)F. The maximum absolute atomic E-state index is 11.9. The van der Waals surface area contributed by atoms with E-state index in [9.17, 15) is 18.0 Å². The van der Waals surface area contributed by atoms with Crippen molar-refractivity contribution in [3.63, 3.8) is 0 Å². The molecule has 2 aromatic heterocycles. The number of carbonyl (C=O) groups is 1. The molecule has 0 saturated heterocycles. The zero-order valence-electron chi connectivity index (χ0n) is 7.58. The van der Waals surface area contributed by atoms with Crippen LogP contribution in [-0.4, -0.2) is 27.1 Å². The number of aromatic amines is 1. The lowest BCUT2D eigenvalue weighted by atomic mass is 10.4. The molecule has 0 aromatic carbocycles. The van der Waals surface area contributed by atoms with Gasteiger partial charge >= 0.3 is 12.1 Å². The van der Waals surface area contributed by atoms with Crippen molar-refractivity contribution in [2.45, 2.75) is 6.18 Å². The molecule has 0 unspecified atom stereocenters. The first-order valence-electron chi connectivity index (χ1n) is 4.05. The molecule has 0 aliphatic carbocycles. The van der Waals surface area contributed by atoms with Gasteiger partial charge in [0.15, 0.2) is 0 Å². The number of aromatic nitrogens is 3. The maximum Gasteiger partial charge on any atom is 0.491 e. The fourth-order valence-corrected chi connectivity index (χ4v) is 1.08. The van der Waals surface area contributed by atoms with Crippen LogP contribution in [0.15, 0.2) is 18.6 Å². The third-order valence-electron chi connectivity index (χ3n) is 1.74. The fourth-order valence-electron chi connectivity index (χ4n) is 1.08. The van der Waals surface area contributed by atoms with Crippen LogP contribution in [0.2, 0.25) is 0 Å². The zero-order chi connectivity index (χ0) is 11.8. The molecule has 8 heteroatoms. The molecule has 84 valence electrons. The van der Waals surface area contributed by atoms with Crippen LogP contribution in [0.5, 0.6) is 5.88 Å². The van der Waals surface area contributed by atoms with Gasteiger partial charge in [0.25, 0.3) is 0 Å². The molecule has 5 nitrogen and oxygen atoms in total. The van der Waals surface area contributed by atoms with E-state index >= 15 is 0 Å². The van der Waals surface area contributed by atoms with Crippen LogP contribution >= 0.6 is 0 Å². The Hall–Kier alpha value is -2.12. The summed E-state index contributed by atoms with van der Waals surface area (Å²) >= 11 is 0. The normalized spacial score (nSPS) is 11.7. The zero-order valence-corrected chi connectivity index (χ0v) is 7.58. The van der Waals surface area contributed by atoms with Crippen molar-refractivity contribution < 1.29 is 22.7 Å². The molecule has 2 heterocycles. The second kappa shape index (κ2) is 3.47. The monoisotopic (exact) mass is 231 g/mol. The largest absolute Gasteiger partial charge is 0.491 e. The van der Waals surface area contributed by atoms with E-state index in [1.54, 1.807) is 0 Å². The summed E-state index contributed by atoms with van der Waals surface area (Å²) < 4.78 is 39.9. The van der Waals surface area contributed by atoms with Crippen molar-refractivity contribution in [2.75, 3.05) is 0 Å². The summed E-state index contributed by atoms with van der Waals surface area (Å²) in [5.74, 6) is -2.73. The van der Waals surface area contributed by atoms with Crippen LogP contribution in [0, 0.1) is 0 Å². The van der Waals surface area contributed by atoms with E-state index in [0.717, 1.165) is 6.33 Å². The molecule has 0 aliphatic heterocycles. The van der Waals surface area contributed by atoms with Crippen LogP contribution in [0.4, 0.5) is 13.2 Å². The Kier molecular flexibility index (Phi) is 2.26. The number of H-pyrrole nitrogens is 1. The quantitative estimate of drug-likeness (QED) is 0.753. The number of rotatable bonds is 1. The number of fused-ring (bicyclic) bond motifs is 1. The fraction of sp³-hybridized carbons (Fsp3) is 0.125. The van der Waals surface area contributed by atoms with Crippen molar-refractivity contribution >= 4 is 17.0 Å². The smallest absolute Gasteiger partial charge is 0.400 e. The van der Waals surface area contributed by atoms with Gasteiger partial charge in [-0.3, -0.25) is 0 Å². The molecule has 0 radical (unpaired) electrons. The predicted molar refractivity (Wildman–Crippen MR) is 45.6 cm³/mol. The molecular weight excluding hydrogens is 227 g/mol. The minimum absolute atomic E-state index is 0.208. The number of nitrogens with one attached hydrogen (secondary N) is 1. The number of halogens is 3. The molecule has 0 spiro atoms. The number of nitrogens with zero attached hydrogens (tertiary/aromatic N) is 2. The number of ether oxygens (including phenoxy) is 1. The molecule has 0 fully saturated rings. The number of carbonyl (C=O) groups excluding carboxylic acids is 1. The van der Waals surface area contributed by atoms with Gasteiger partial charge in [0.2, 0.25) is 5.88 Å². The van der Waals surface area contributed by atoms with Crippen molar-refractivity contribution in [3.05, 3.63) is 18.6 Å². The Morgan fingerprint density at radius 1 is 1.38 bits per heavy atom. The lowest BCUT2D eigenvalue weighted by molar-refractivity contribution is -0.189. The third-order valence-corrected chi connectivity index (χ3v) is 1.74. The summed E-state index contributed by atoms with van der Waals surface area (Å²) in [5.41, 5.74) is 0.292. The Bertz CT molecular complexity index is 535. The molecule has 2 rings (SSSR count). The summed E-state index contributed by atoms with van der Waals surface area (Å²) in [7, 11) is 0. The average Bonchev–Trinajstić information content (AvgIpc) is 2.65. The van der Waals surface area contributed by atoms with Gasteiger partial charge in [-0.25, -0.2) is 14.8 Å². The van der Waals surface area contributed by atoms with Crippen LogP contribution in [-0.2, 0) is 4.79 Å². The summed E-state index contributed by atoms with van der Waals surface area (Å²) in [6, 6.07) is 1.41. The topological polar surface area (TPSA) is 67.9 Å². The van der Waals surface area contributed by atoms with E-state index in [-0.39, 0.29) is 5.39 Å². The summed E-state index contributed by atoms with van der Waals surface area (Å²) in [6.07, 6.45) is -2.60. The lowest BCUT2D eigenvalue weighted by Gasteiger charge is -2.05.